The number of hydrogen-bond acceptors (Lipinski definition) is 3. The van der Waals surface area contributed by atoms with Crippen LogP contribution in [0.5, 0.6) is 0 Å². The van der Waals surface area contributed by atoms with E-state index in [0.29, 0.717) is 6.04 Å². The molecule has 0 saturated heterocycles. The summed E-state index contributed by atoms with van der Waals surface area (Å²) in [4.78, 5) is 1.21. The molecule has 4 heteroatoms. The van der Waals surface area contributed by atoms with Crippen molar-refractivity contribution < 1.29 is 0 Å². The normalized spacial score (nSPS) is 12.6. The lowest BCUT2D eigenvalue weighted by molar-refractivity contribution is 0.661. The second-order valence-electron chi connectivity index (χ2n) is 4.85. The first-order valence-corrected chi connectivity index (χ1v) is 7.44. The molecule has 2 aromatic rings. The van der Waals surface area contributed by atoms with Crippen LogP contribution in [-0.2, 0) is 7.05 Å². The van der Waals surface area contributed by atoms with Crippen LogP contribution in [0, 0.1) is 13.8 Å². The Hall–Kier alpha value is -1.26. The summed E-state index contributed by atoms with van der Waals surface area (Å²) in [5.41, 5.74) is 4.05. The molecule has 1 aromatic carbocycles. The lowest BCUT2D eigenvalue weighted by atomic mass is 10.0. The fraction of sp³-hybridized carbons (Fsp3) is 0.400. The Balaban J connectivity index is 2.05. The minimum absolute atomic E-state index is 0.365. The minimum Gasteiger partial charge on any atom is -0.312 e. The molecule has 1 unspecified atom stereocenters. The van der Waals surface area contributed by atoms with E-state index in [1.54, 1.807) is 0 Å². The van der Waals surface area contributed by atoms with Crippen molar-refractivity contribution in [3.8, 4) is 0 Å². The maximum absolute atomic E-state index is 4.19. The van der Waals surface area contributed by atoms with E-state index in [2.05, 4.69) is 48.7 Å². The average molecular weight is 275 g/mol. The topological polar surface area (TPSA) is 29.9 Å². The van der Waals surface area contributed by atoms with Crippen molar-refractivity contribution in [2.24, 2.45) is 7.05 Å². The van der Waals surface area contributed by atoms with Crippen LogP contribution in [0.2, 0.25) is 0 Å². The zero-order valence-electron chi connectivity index (χ0n) is 12.0. The van der Waals surface area contributed by atoms with Crippen LogP contribution in [-0.4, -0.2) is 22.6 Å². The molecule has 0 aliphatic heterocycles. The molecule has 3 nitrogen and oxygen atoms in total. The third kappa shape index (κ3) is 3.61. The molecule has 1 heterocycles. The summed E-state index contributed by atoms with van der Waals surface area (Å²) in [5, 5.41) is 7.59. The Bertz CT molecular complexity index is 548. The first-order chi connectivity index (χ1) is 9.10. The van der Waals surface area contributed by atoms with Crippen LogP contribution in [0.3, 0.4) is 0 Å². The van der Waals surface area contributed by atoms with Crippen LogP contribution in [0.1, 0.15) is 22.7 Å². The highest BCUT2D eigenvalue weighted by Crippen LogP contribution is 2.25. The standard InChI is InChI=1S/C15H21N3S/c1-11-5-6-13(7-12(11)2)15(16-3)10-19-14-8-17-18(4)9-14/h5-9,15-16H,10H2,1-4H3. The molecule has 0 aliphatic rings. The number of aryl methyl sites for hydroxylation is 3. The van der Waals surface area contributed by atoms with Crippen LogP contribution in [0.25, 0.3) is 0 Å². The predicted octanol–water partition coefficient (Wildman–Crippen LogP) is 3.09. The lowest BCUT2D eigenvalue weighted by Gasteiger charge is -2.17. The Morgan fingerprint density at radius 1 is 1.32 bits per heavy atom. The third-order valence-electron chi connectivity index (χ3n) is 3.38. The smallest absolute Gasteiger partial charge is 0.0625 e. The van der Waals surface area contributed by atoms with Gasteiger partial charge in [-0.05, 0) is 37.6 Å². The molecule has 1 atom stereocenters. The number of nitrogens with zero attached hydrogens (tertiary/aromatic N) is 2. The fourth-order valence-corrected chi connectivity index (χ4v) is 3.05. The van der Waals surface area contributed by atoms with Gasteiger partial charge in [0.2, 0.25) is 0 Å². The van der Waals surface area contributed by atoms with E-state index in [4.69, 9.17) is 0 Å². The van der Waals surface area contributed by atoms with Gasteiger partial charge in [0.25, 0.3) is 0 Å². The summed E-state index contributed by atoms with van der Waals surface area (Å²) in [6, 6.07) is 7.06. The maximum atomic E-state index is 4.19. The van der Waals surface area contributed by atoms with E-state index in [1.165, 1.54) is 21.6 Å². The molecule has 19 heavy (non-hydrogen) atoms. The second-order valence-corrected chi connectivity index (χ2v) is 5.94. The molecular weight excluding hydrogens is 254 g/mol. The summed E-state index contributed by atoms with van der Waals surface area (Å²) < 4.78 is 1.84. The van der Waals surface area contributed by atoms with Gasteiger partial charge in [-0.25, -0.2) is 0 Å². The highest BCUT2D eigenvalue weighted by atomic mass is 32.2. The average Bonchev–Trinajstić information content (AvgIpc) is 2.80. The van der Waals surface area contributed by atoms with Crippen LogP contribution < -0.4 is 5.32 Å². The minimum atomic E-state index is 0.365. The van der Waals surface area contributed by atoms with Crippen molar-refractivity contribution in [1.29, 1.82) is 0 Å². The molecule has 0 saturated carbocycles. The van der Waals surface area contributed by atoms with Crippen molar-refractivity contribution in [3.63, 3.8) is 0 Å². The van der Waals surface area contributed by atoms with Gasteiger partial charge >= 0.3 is 0 Å². The molecule has 0 amide bonds. The van der Waals surface area contributed by atoms with Gasteiger partial charge in [-0.3, -0.25) is 4.68 Å². The lowest BCUT2D eigenvalue weighted by Crippen LogP contribution is -2.18. The van der Waals surface area contributed by atoms with Gasteiger partial charge < -0.3 is 5.32 Å². The Labute approximate surface area is 119 Å². The molecule has 0 bridgehead atoms. The summed E-state index contributed by atoms with van der Waals surface area (Å²) in [7, 11) is 3.96. The second kappa shape index (κ2) is 6.26. The molecule has 1 aromatic heterocycles. The van der Waals surface area contributed by atoms with Crippen molar-refractivity contribution in [2.75, 3.05) is 12.8 Å². The molecule has 0 aliphatic carbocycles. The maximum Gasteiger partial charge on any atom is 0.0625 e. The number of benzene rings is 1. The first kappa shape index (κ1) is 14.2. The summed E-state index contributed by atoms with van der Waals surface area (Å²) in [6.07, 6.45) is 3.97. The van der Waals surface area contributed by atoms with Gasteiger partial charge in [-0.1, -0.05) is 18.2 Å². The SMILES string of the molecule is CNC(CSc1cnn(C)c1)c1ccc(C)c(C)c1. The van der Waals surface area contributed by atoms with Crippen molar-refractivity contribution in [2.45, 2.75) is 24.8 Å². The third-order valence-corrected chi connectivity index (χ3v) is 4.42. The van der Waals surface area contributed by atoms with Gasteiger partial charge in [-0.15, -0.1) is 11.8 Å². The van der Waals surface area contributed by atoms with E-state index in [9.17, 15) is 0 Å². The number of aromatic nitrogens is 2. The molecule has 102 valence electrons. The fourth-order valence-electron chi connectivity index (χ4n) is 1.98. The highest BCUT2D eigenvalue weighted by molar-refractivity contribution is 7.99. The number of nitrogens with one attached hydrogen (secondary N) is 1. The number of rotatable bonds is 5. The van der Waals surface area contributed by atoms with Gasteiger partial charge in [0, 0.05) is 29.9 Å². The molecule has 2 rings (SSSR count). The summed E-state index contributed by atoms with van der Waals surface area (Å²) >= 11 is 1.83. The summed E-state index contributed by atoms with van der Waals surface area (Å²) in [5.74, 6) is 1.00. The molecular formula is C15H21N3S. The predicted molar refractivity (Wildman–Crippen MR) is 81.6 cm³/mol. The zero-order chi connectivity index (χ0) is 13.8. The van der Waals surface area contributed by atoms with Crippen LogP contribution in [0.4, 0.5) is 0 Å². The van der Waals surface area contributed by atoms with Crippen molar-refractivity contribution in [1.82, 2.24) is 15.1 Å². The van der Waals surface area contributed by atoms with E-state index >= 15 is 0 Å². The van der Waals surface area contributed by atoms with Gasteiger partial charge in [0.1, 0.15) is 0 Å². The van der Waals surface area contributed by atoms with Crippen LogP contribution >= 0.6 is 11.8 Å². The Kier molecular flexibility index (Phi) is 4.66. The van der Waals surface area contributed by atoms with E-state index in [-0.39, 0.29) is 0 Å². The number of hydrogen-bond donors (Lipinski definition) is 1. The number of thioether (sulfide) groups is 1. The Morgan fingerprint density at radius 2 is 2.11 bits per heavy atom. The summed E-state index contributed by atoms with van der Waals surface area (Å²) in [6.45, 7) is 4.32. The van der Waals surface area contributed by atoms with Gasteiger partial charge in [0.15, 0.2) is 0 Å². The largest absolute Gasteiger partial charge is 0.312 e. The monoisotopic (exact) mass is 275 g/mol. The van der Waals surface area contributed by atoms with Crippen molar-refractivity contribution in [3.05, 3.63) is 47.3 Å². The molecule has 1 N–H and O–H groups in total. The van der Waals surface area contributed by atoms with E-state index < -0.39 is 0 Å². The van der Waals surface area contributed by atoms with Crippen LogP contribution in [0.15, 0.2) is 35.5 Å². The van der Waals surface area contributed by atoms with Gasteiger partial charge in [-0.2, -0.15) is 5.10 Å². The first-order valence-electron chi connectivity index (χ1n) is 6.46. The quantitative estimate of drug-likeness (QED) is 0.850. The van der Waals surface area contributed by atoms with Crippen molar-refractivity contribution >= 4 is 11.8 Å². The van der Waals surface area contributed by atoms with E-state index in [1.807, 2.05) is 36.7 Å². The van der Waals surface area contributed by atoms with Gasteiger partial charge in [0.05, 0.1) is 6.20 Å². The molecule has 0 spiro atoms. The molecule has 0 fully saturated rings. The molecule has 0 radical (unpaired) electrons. The highest BCUT2D eigenvalue weighted by Gasteiger charge is 2.11. The Morgan fingerprint density at radius 3 is 2.68 bits per heavy atom. The zero-order valence-corrected chi connectivity index (χ0v) is 12.8. The van der Waals surface area contributed by atoms with E-state index in [0.717, 1.165) is 5.75 Å².